The summed E-state index contributed by atoms with van der Waals surface area (Å²) in [6.45, 7) is 1.10. The standard InChI is InChI=1S/C18H16F2N4O4S/c1-11-5-7-21-8-14(11)29(27,28)24-10-12(9-23(2)18(25)26)15(19)16(24)13-4-3-6-22-17(13)20/h3-8,10H,9H2,1-2H3,(H,25,26). The summed E-state index contributed by atoms with van der Waals surface area (Å²) in [6, 6.07) is 3.99. The van der Waals surface area contributed by atoms with E-state index in [4.69, 9.17) is 5.11 Å². The molecule has 0 fully saturated rings. The van der Waals surface area contributed by atoms with Gasteiger partial charge in [-0.25, -0.2) is 26.6 Å². The monoisotopic (exact) mass is 422 g/mol. The molecule has 0 aliphatic heterocycles. The second-order valence-corrected chi connectivity index (χ2v) is 8.02. The SMILES string of the molecule is Cc1ccncc1S(=O)(=O)n1cc(CN(C)C(=O)O)c(F)c1-c1cccnc1F. The van der Waals surface area contributed by atoms with Crippen LogP contribution in [-0.4, -0.2) is 45.5 Å². The third-order valence-electron chi connectivity index (χ3n) is 4.26. The van der Waals surface area contributed by atoms with Crippen molar-refractivity contribution in [1.29, 1.82) is 0 Å². The highest BCUT2D eigenvalue weighted by molar-refractivity contribution is 7.90. The fraction of sp³-hybridized carbons (Fsp3) is 0.167. The van der Waals surface area contributed by atoms with E-state index in [0.29, 0.717) is 9.54 Å². The number of carboxylic acid groups (broad SMARTS) is 1. The summed E-state index contributed by atoms with van der Waals surface area (Å²) in [5.74, 6) is -2.13. The van der Waals surface area contributed by atoms with Crippen LogP contribution in [0.1, 0.15) is 11.1 Å². The van der Waals surface area contributed by atoms with E-state index in [1.165, 1.54) is 38.4 Å². The van der Waals surface area contributed by atoms with E-state index in [-0.39, 0.29) is 16.0 Å². The van der Waals surface area contributed by atoms with Gasteiger partial charge in [-0.3, -0.25) is 4.98 Å². The molecule has 3 aromatic heterocycles. The summed E-state index contributed by atoms with van der Waals surface area (Å²) in [5, 5.41) is 9.05. The van der Waals surface area contributed by atoms with Crippen LogP contribution in [-0.2, 0) is 16.6 Å². The van der Waals surface area contributed by atoms with Crippen LogP contribution < -0.4 is 0 Å². The highest BCUT2D eigenvalue weighted by atomic mass is 32.2. The number of rotatable bonds is 5. The Morgan fingerprint density at radius 1 is 1.28 bits per heavy atom. The van der Waals surface area contributed by atoms with E-state index >= 15 is 4.39 Å². The minimum absolute atomic E-state index is 0.196. The van der Waals surface area contributed by atoms with E-state index in [2.05, 4.69) is 9.97 Å². The van der Waals surface area contributed by atoms with Gasteiger partial charge in [0.25, 0.3) is 10.0 Å². The van der Waals surface area contributed by atoms with Gasteiger partial charge in [-0.1, -0.05) is 0 Å². The molecule has 1 N–H and O–H groups in total. The molecule has 1 amide bonds. The average Bonchev–Trinajstić information content (AvgIpc) is 2.99. The van der Waals surface area contributed by atoms with Crippen molar-refractivity contribution in [3.05, 3.63) is 65.9 Å². The van der Waals surface area contributed by atoms with Gasteiger partial charge in [0.1, 0.15) is 10.6 Å². The van der Waals surface area contributed by atoms with Gasteiger partial charge in [0.15, 0.2) is 5.82 Å². The van der Waals surface area contributed by atoms with Crippen LogP contribution in [0.4, 0.5) is 13.6 Å². The maximum Gasteiger partial charge on any atom is 0.407 e. The number of amides is 1. The maximum absolute atomic E-state index is 15.2. The van der Waals surface area contributed by atoms with Crippen molar-refractivity contribution < 1.29 is 27.1 Å². The summed E-state index contributed by atoms with van der Waals surface area (Å²) >= 11 is 0. The van der Waals surface area contributed by atoms with Gasteiger partial charge in [0.2, 0.25) is 5.95 Å². The third-order valence-corrected chi connectivity index (χ3v) is 6.05. The number of carbonyl (C=O) groups is 1. The first-order valence-electron chi connectivity index (χ1n) is 8.25. The number of pyridine rings is 2. The summed E-state index contributed by atoms with van der Waals surface area (Å²) in [5.41, 5.74) is -0.832. The van der Waals surface area contributed by atoms with Crippen LogP contribution in [0, 0.1) is 18.7 Å². The molecular weight excluding hydrogens is 406 g/mol. The lowest BCUT2D eigenvalue weighted by molar-refractivity contribution is 0.153. The van der Waals surface area contributed by atoms with Gasteiger partial charge in [0, 0.05) is 37.4 Å². The van der Waals surface area contributed by atoms with Crippen molar-refractivity contribution in [3.63, 3.8) is 0 Å². The number of hydrogen-bond donors (Lipinski definition) is 1. The smallest absolute Gasteiger partial charge is 0.407 e. The quantitative estimate of drug-likeness (QED) is 0.634. The molecule has 0 saturated carbocycles. The Kier molecular flexibility index (Phi) is 5.33. The normalized spacial score (nSPS) is 11.4. The van der Waals surface area contributed by atoms with Crippen molar-refractivity contribution >= 4 is 16.1 Å². The van der Waals surface area contributed by atoms with Crippen molar-refractivity contribution in [2.75, 3.05) is 7.05 Å². The Balaban J connectivity index is 2.30. The molecule has 29 heavy (non-hydrogen) atoms. The minimum atomic E-state index is -4.37. The molecule has 152 valence electrons. The topological polar surface area (TPSA) is 105 Å². The molecular formula is C18H16F2N4O4S. The lowest BCUT2D eigenvalue weighted by Gasteiger charge is -2.12. The number of halogens is 2. The second-order valence-electron chi connectivity index (χ2n) is 6.24. The predicted molar refractivity (Wildman–Crippen MR) is 98.6 cm³/mol. The zero-order chi connectivity index (χ0) is 21.3. The van der Waals surface area contributed by atoms with Crippen LogP contribution >= 0.6 is 0 Å². The van der Waals surface area contributed by atoms with Gasteiger partial charge in [0.05, 0.1) is 12.1 Å². The van der Waals surface area contributed by atoms with E-state index in [1.54, 1.807) is 0 Å². The molecule has 0 atom stereocenters. The number of aromatic nitrogens is 3. The minimum Gasteiger partial charge on any atom is -0.465 e. The van der Waals surface area contributed by atoms with Gasteiger partial charge >= 0.3 is 6.09 Å². The number of nitrogens with zero attached hydrogens (tertiary/aromatic N) is 4. The summed E-state index contributed by atoms with van der Waals surface area (Å²) in [7, 11) is -3.17. The summed E-state index contributed by atoms with van der Waals surface area (Å²) in [4.78, 5) is 18.9. The largest absolute Gasteiger partial charge is 0.465 e. The molecule has 11 heteroatoms. The van der Waals surface area contributed by atoms with E-state index < -0.39 is 40.1 Å². The molecule has 0 aliphatic carbocycles. The molecule has 0 radical (unpaired) electrons. The molecule has 3 aromatic rings. The number of hydrogen-bond acceptors (Lipinski definition) is 5. The lowest BCUT2D eigenvalue weighted by Crippen LogP contribution is -2.24. The van der Waals surface area contributed by atoms with E-state index in [0.717, 1.165) is 23.5 Å². The Morgan fingerprint density at radius 2 is 2.00 bits per heavy atom. The predicted octanol–water partition coefficient (Wildman–Crippen LogP) is 2.88. The highest BCUT2D eigenvalue weighted by Gasteiger charge is 2.30. The number of aryl methyl sites for hydroxylation is 1. The molecule has 0 spiro atoms. The zero-order valence-electron chi connectivity index (χ0n) is 15.4. The second kappa shape index (κ2) is 7.59. The highest BCUT2D eigenvalue weighted by Crippen LogP contribution is 2.32. The first-order chi connectivity index (χ1) is 13.6. The Morgan fingerprint density at radius 3 is 2.62 bits per heavy atom. The molecule has 8 nitrogen and oxygen atoms in total. The van der Waals surface area contributed by atoms with E-state index in [9.17, 15) is 17.6 Å². The zero-order valence-corrected chi connectivity index (χ0v) is 16.2. The Labute approximate surface area is 165 Å². The Hall–Kier alpha value is -3.34. The molecule has 0 unspecified atom stereocenters. The third kappa shape index (κ3) is 3.68. The molecule has 3 rings (SSSR count). The van der Waals surface area contributed by atoms with Crippen LogP contribution in [0.25, 0.3) is 11.3 Å². The maximum atomic E-state index is 15.2. The van der Waals surface area contributed by atoms with Gasteiger partial charge in [-0.15, -0.1) is 0 Å². The van der Waals surface area contributed by atoms with Crippen molar-refractivity contribution in [1.82, 2.24) is 18.8 Å². The fourth-order valence-electron chi connectivity index (χ4n) is 2.76. The van der Waals surface area contributed by atoms with Gasteiger partial charge in [-0.2, -0.15) is 4.39 Å². The Bertz CT molecular complexity index is 1190. The van der Waals surface area contributed by atoms with Gasteiger partial charge in [-0.05, 0) is 30.7 Å². The fourth-order valence-corrected chi connectivity index (χ4v) is 4.33. The molecule has 0 saturated heterocycles. The van der Waals surface area contributed by atoms with Crippen molar-refractivity contribution in [3.8, 4) is 11.3 Å². The van der Waals surface area contributed by atoms with Crippen molar-refractivity contribution in [2.24, 2.45) is 0 Å². The van der Waals surface area contributed by atoms with Crippen LogP contribution in [0.2, 0.25) is 0 Å². The average molecular weight is 422 g/mol. The molecule has 0 bridgehead atoms. The van der Waals surface area contributed by atoms with Gasteiger partial charge < -0.3 is 10.0 Å². The molecule has 3 heterocycles. The van der Waals surface area contributed by atoms with Crippen LogP contribution in [0.15, 0.2) is 47.9 Å². The summed E-state index contributed by atoms with van der Waals surface area (Å²) in [6.07, 6.45) is 3.26. The van der Waals surface area contributed by atoms with Crippen LogP contribution in [0.5, 0.6) is 0 Å². The van der Waals surface area contributed by atoms with Crippen molar-refractivity contribution in [2.45, 2.75) is 18.4 Å². The lowest BCUT2D eigenvalue weighted by atomic mass is 10.2. The molecule has 0 aliphatic rings. The van der Waals surface area contributed by atoms with E-state index in [1.807, 2.05) is 0 Å². The first-order valence-corrected chi connectivity index (χ1v) is 9.69. The molecule has 0 aromatic carbocycles. The summed E-state index contributed by atoms with van der Waals surface area (Å²) < 4.78 is 56.6. The first kappa shape index (κ1) is 20.4. The van der Waals surface area contributed by atoms with Crippen LogP contribution in [0.3, 0.4) is 0 Å².